The maximum absolute atomic E-state index is 5.86. The third-order valence-electron chi connectivity index (χ3n) is 1.78. The zero-order valence-electron chi connectivity index (χ0n) is 7.63. The van der Waals surface area contributed by atoms with Crippen LogP contribution in [0.1, 0.15) is 5.56 Å². The third kappa shape index (κ3) is 3.01. The Hall–Kier alpha value is -0.510. The second kappa shape index (κ2) is 4.82. The molecule has 0 aliphatic rings. The standard InChI is InChI=1S/C9H10Cl2N2S/c1-13(9(12)14)5-6-2-3-7(10)8(11)4-6/h2-4H,5H2,1H3,(H2,12,14). The van der Waals surface area contributed by atoms with Crippen LogP contribution in [0.3, 0.4) is 0 Å². The fourth-order valence-electron chi connectivity index (χ4n) is 0.990. The van der Waals surface area contributed by atoms with Crippen molar-refractivity contribution in [3.8, 4) is 0 Å². The number of benzene rings is 1. The summed E-state index contributed by atoms with van der Waals surface area (Å²) in [5.74, 6) is 0. The van der Waals surface area contributed by atoms with Gasteiger partial charge in [-0.05, 0) is 29.9 Å². The van der Waals surface area contributed by atoms with Crippen molar-refractivity contribution in [3.63, 3.8) is 0 Å². The van der Waals surface area contributed by atoms with Gasteiger partial charge in [-0.3, -0.25) is 0 Å². The molecule has 2 nitrogen and oxygen atoms in total. The quantitative estimate of drug-likeness (QED) is 0.817. The Bertz CT molecular complexity index is 355. The summed E-state index contributed by atoms with van der Waals surface area (Å²) in [5, 5.41) is 1.45. The zero-order chi connectivity index (χ0) is 10.7. The van der Waals surface area contributed by atoms with Gasteiger partial charge in [-0.2, -0.15) is 0 Å². The van der Waals surface area contributed by atoms with Crippen LogP contribution in [0, 0.1) is 0 Å². The predicted molar refractivity (Wildman–Crippen MR) is 64.7 cm³/mol. The minimum Gasteiger partial charge on any atom is -0.376 e. The molecule has 0 spiro atoms. The first-order valence-electron chi connectivity index (χ1n) is 3.95. The molecular formula is C9H10Cl2N2S. The highest BCUT2D eigenvalue weighted by atomic mass is 35.5. The summed E-state index contributed by atoms with van der Waals surface area (Å²) in [7, 11) is 1.82. The number of halogens is 2. The van der Waals surface area contributed by atoms with Crippen LogP contribution in [-0.2, 0) is 6.54 Å². The molecule has 1 aromatic carbocycles. The summed E-state index contributed by atoms with van der Waals surface area (Å²) >= 11 is 16.5. The number of nitrogens with two attached hydrogens (primary N) is 1. The molecule has 0 aromatic heterocycles. The van der Waals surface area contributed by atoms with E-state index in [1.54, 1.807) is 17.0 Å². The topological polar surface area (TPSA) is 29.3 Å². The number of hydrogen-bond donors (Lipinski definition) is 1. The molecule has 0 heterocycles. The SMILES string of the molecule is CN(Cc1ccc(Cl)c(Cl)c1)C(N)=S. The van der Waals surface area contributed by atoms with Crippen LogP contribution in [0.2, 0.25) is 10.0 Å². The van der Waals surface area contributed by atoms with Crippen molar-refractivity contribution in [1.29, 1.82) is 0 Å². The van der Waals surface area contributed by atoms with Crippen molar-refractivity contribution in [3.05, 3.63) is 33.8 Å². The summed E-state index contributed by atoms with van der Waals surface area (Å²) in [6.45, 7) is 0.631. The van der Waals surface area contributed by atoms with Crippen molar-refractivity contribution in [2.24, 2.45) is 5.73 Å². The molecule has 1 rings (SSSR count). The molecule has 76 valence electrons. The Morgan fingerprint density at radius 3 is 2.57 bits per heavy atom. The monoisotopic (exact) mass is 248 g/mol. The molecule has 0 saturated heterocycles. The largest absolute Gasteiger partial charge is 0.376 e. The van der Waals surface area contributed by atoms with E-state index in [-0.39, 0.29) is 0 Å². The molecule has 0 saturated carbocycles. The van der Waals surface area contributed by atoms with Gasteiger partial charge in [0.05, 0.1) is 10.0 Å². The Kier molecular flexibility index (Phi) is 3.98. The van der Waals surface area contributed by atoms with Gasteiger partial charge >= 0.3 is 0 Å². The van der Waals surface area contributed by atoms with E-state index in [1.807, 2.05) is 13.1 Å². The first-order chi connectivity index (χ1) is 6.50. The van der Waals surface area contributed by atoms with Gasteiger partial charge in [0.2, 0.25) is 0 Å². The molecule has 0 fully saturated rings. The number of hydrogen-bond acceptors (Lipinski definition) is 1. The maximum Gasteiger partial charge on any atom is 0.166 e. The van der Waals surface area contributed by atoms with Crippen LogP contribution in [0.4, 0.5) is 0 Å². The van der Waals surface area contributed by atoms with Crippen LogP contribution in [0.5, 0.6) is 0 Å². The number of rotatable bonds is 2. The molecule has 0 radical (unpaired) electrons. The Morgan fingerprint density at radius 1 is 1.43 bits per heavy atom. The van der Waals surface area contributed by atoms with Crippen molar-refractivity contribution < 1.29 is 0 Å². The average Bonchev–Trinajstić information content (AvgIpc) is 2.11. The van der Waals surface area contributed by atoms with E-state index >= 15 is 0 Å². The van der Waals surface area contributed by atoms with E-state index in [0.29, 0.717) is 21.7 Å². The van der Waals surface area contributed by atoms with Crippen LogP contribution < -0.4 is 5.73 Å². The van der Waals surface area contributed by atoms with Crippen LogP contribution >= 0.6 is 35.4 Å². The lowest BCUT2D eigenvalue weighted by molar-refractivity contribution is 0.504. The smallest absolute Gasteiger partial charge is 0.166 e. The highest BCUT2D eigenvalue weighted by molar-refractivity contribution is 7.80. The van der Waals surface area contributed by atoms with Gasteiger partial charge in [0.25, 0.3) is 0 Å². The summed E-state index contributed by atoms with van der Waals surface area (Å²) in [4.78, 5) is 1.76. The van der Waals surface area contributed by atoms with Gasteiger partial charge in [0.15, 0.2) is 5.11 Å². The van der Waals surface area contributed by atoms with E-state index in [4.69, 9.17) is 41.2 Å². The van der Waals surface area contributed by atoms with Gasteiger partial charge in [0, 0.05) is 13.6 Å². The molecule has 0 atom stereocenters. The summed E-state index contributed by atoms with van der Waals surface area (Å²) in [5.41, 5.74) is 6.47. The van der Waals surface area contributed by atoms with E-state index < -0.39 is 0 Å². The second-order valence-corrected chi connectivity index (χ2v) is 4.18. The third-order valence-corrected chi connectivity index (χ3v) is 2.83. The first kappa shape index (κ1) is 11.6. The molecule has 1 aromatic rings. The van der Waals surface area contributed by atoms with Gasteiger partial charge in [-0.15, -0.1) is 0 Å². The Morgan fingerprint density at radius 2 is 2.07 bits per heavy atom. The molecule has 14 heavy (non-hydrogen) atoms. The zero-order valence-corrected chi connectivity index (χ0v) is 9.96. The maximum atomic E-state index is 5.86. The number of thiocarbonyl (C=S) groups is 1. The fraction of sp³-hybridized carbons (Fsp3) is 0.222. The van der Waals surface area contributed by atoms with Crippen LogP contribution in [0.25, 0.3) is 0 Å². The molecule has 0 unspecified atom stereocenters. The van der Waals surface area contributed by atoms with Gasteiger partial charge < -0.3 is 10.6 Å². The predicted octanol–water partition coefficient (Wildman–Crippen LogP) is 2.67. The lowest BCUT2D eigenvalue weighted by Gasteiger charge is -2.16. The molecule has 0 bridgehead atoms. The Labute approximate surface area is 98.6 Å². The van der Waals surface area contributed by atoms with Gasteiger partial charge in [-0.1, -0.05) is 29.3 Å². The van der Waals surface area contributed by atoms with E-state index in [0.717, 1.165) is 5.56 Å². The van der Waals surface area contributed by atoms with Crippen molar-refractivity contribution >= 4 is 40.5 Å². The van der Waals surface area contributed by atoms with Crippen LogP contribution in [0.15, 0.2) is 18.2 Å². The molecule has 2 N–H and O–H groups in total. The first-order valence-corrected chi connectivity index (χ1v) is 5.11. The molecule has 0 aliphatic heterocycles. The fourth-order valence-corrected chi connectivity index (χ4v) is 1.38. The highest BCUT2D eigenvalue weighted by Gasteiger charge is 2.03. The van der Waals surface area contributed by atoms with E-state index in [2.05, 4.69) is 0 Å². The van der Waals surface area contributed by atoms with E-state index in [9.17, 15) is 0 Å². The average molecular weight is 249 g/mol. The minimum absolute atomic E-state index is 0.357. The minimum atomic E-state index is 0.357. The molecule has 5 heteroatoms. The second-order valence-electron chi connectivity index (χ2n) is 2.94. The molecule has 0 amide bonds. The summed E-state index contributed by atoms with van der Waals surface area (Å²) in [6, 6.07) is 5.45. The van der Waals surface area contributed by atoms with Gasteiger partial charge in [-0.25, -0.2) is 0 Å². The normalized spacial score (nSPS) is 9.93. The lowest BCUT2D eigenvalue weighted by atomic mass is 10.2. The Balaban J connectivity index is 2.78. The van der Waals surface area contributed by atoms with Crippen molar-refractivity contribution in [1.82, 2.24) is 4.90 Å². The van der Waals surface area contributed by atoms with Crippen LogP contribution in [-0.4, -0.2) is 17.1 Å². The van der Waals surface area contributed by atoms with Crippen molar-refractivity contribution in [2.75, 3.05) is 7.05 Å². The lowest BCUT2D eigenvalue weighted by Crippen LogP contribution is -2.31. The molecular weight excluding hydrogens is 239 g/mol. The molecule has 0 aliphatic carbocycles. The van der Waals surface area contributed by atoms with Gasteiger partial charge in [0.1, 0.15) is 0 Å². The summed E-state index contributed by atoms with van der Waals surface area (Å²) in [6.07, 6.45) is 0. The number of nitrogens with zero attached hydrogens (tertiary/aromatic N) is 1. The van der Waals surface area contributed by atoms with E-state index in [1.165, 1.54) is 0 Å². The van der Waals surface area contributed by atoms with Crippen molar-refractivity contribution in [2.45, 2.75) is 6.54 Å². The summed E-state index contributed by atoms with van der Waals surface area (Å²) < 4.78 is 0. The highest BCUT2D eigenvalue weighted by Crippen LogP contribution is 2.22.